The Bertz CT molecular complexity index is 866. The molecule has 5 heteroatoms. The number of fused-ring (bicyclic) bond motifs is 1. The van der Waals surface area contributed by atoms with E-state index in [2.05, 4.69) is 20.8 Å². The van der Waals surface area contributed by atoms with E-state index in [1.165, 1.54) is 11.1 Å². The average molecular weight is 380 g/mol. The van der Waals surface area contributed by atoms with Crippen LogP contribution in [0, 0.1) is 0 Å². The van der Waals surface area contributed by atoms with Crippen molar-refractivity contribution in [2.45, 2.75) is 45.4 Å². The molecule has 28 heavy (non-hydrogen) atoms. The van der Waals surface area contributed by atoms with Crippen molar-refractivity contribution in [2.75, 3.05) is 13.1 Å². The summed E-state index contributed by atoms with van der Waals surface area (Å²) in [6.45, 7) is 7.80. The molecule has 0 saturated heterocycles. The van der Waals surface area contributed by atoms with Crippen molar-refractivity contribution < 1.29 is 14.8 Å². The van der Waals surface area contributed by atoms with Gasteiger partial charge in [0.2, 0.25) is 0 Å². The summed E-state index contributed by atoms with van der Waals surface area (Å²) in [5.41, 5.74) is 6.35. The smallest absolute Gasteiger partial charge is 0.274 e. The minimum Gasteiger partial charge on any atom is -0.338 e. The molecule has 0 aliphatic carbocycles. The van der Waals surface area contributed by atoms with E-state index < -0.39 is 5.91 Å². The maximum atomic E-state index is 13.0. The van der Waals surface area contributed by atoms with Gasteiger partial charge in [0.15, 0.2) is 0 Å². The van der Waals surface area contributed by atoms with Crippen LogP contribution in [0.3, 0.4) is 0 Å². The molecule has 1 aliphatic rings. The van der Waals surface area contributed by atoms with E-state index in [9.17, 15) is 9.59 Å². The third kappa shape index (κ3) is 4.42. The van der Waals surface area contributed by atoms with Crippen molar-refractivity contribution in [3.63, 3.8) is 0 Å². The molecule has 2 aromatic carbocycles. The highest BCUT2D eigenvalue weighted by Gasteiger charge is 2.20. The summed E-state index contributed by atoms with van der Waals surface area (Å²) in [6, 6.07) is 13.4. The monoisotopic (exact) mass is 380 g/mol. The third-order valence-corrected chi connectivity index (χ3v) is 5.38. The maximum Gasteiger partial charge on any atom is 0.274 e. The van der Waals surface area contributed by atoms with Crippen molar-refractivity contribution in [1.29, 1.82) is 0 Å². The van der Waals surface area contributed by atoms with Gasteiger partial charge in [0.1, 0.15) is 0 Å². The quantitative estimate of drug-likeness (QED) is 0.616. The van der Waals surface area contributed by atoms with Crippen molar-refractivity contribution in [3.8, 4) is 0 Å². The minimum absolute atomic E-state index is 0.0492. The molecule has 0 aromatic heterocycles. The summed E-state index contributed by atoms with van der Waals surface area (Å²) in [5.74, 6) is -0.468. The molecule has 2 N–H and O–H groups in total. The number of hydroxylamine groups is 1. The Morgan fingerprint density at radius 1 is 0.929 bits per heavy atom. The highest BCUT2D eigenvalue weighted by molar-refractivity contribution is 5.94. The molecular weight excluding hydrogens is 352 g/mol. The van der Waals surface area contributed by atoms with E-state index in [1.807, 2.05) is 41.3 Å². The molecule has 148 valence electrons. The van der Waals surface area contributed by atoms with Crippen LogP contribution >= 0.6 is 0 Å². The molecule has 0 atom stereocenters. The molecule has 2 amide bonds. The molecule has 2 aromatic rings. The normalized spacial score (nSPS) is 14.6. The van der Waals surface area contributed by atoms with Crippen LogP contribution in [0.25, 0.3) is 0 Å². The number of carbonyl (C=O) groups excluding carboxylic acids is 2. The minimum atomic E-state index is -0.517. The van der Waals surface area contributed by atoms with Crippen LogP contribution < -0.4 is 5.48 Å². The summed E-state index contributed by atoms with van der Waals surface area (Å²) in [6.07, 6.45) is 2.43. The molecule has 0 unspecified atom stereocenters. The zero-order valence-electron chi connectivity index (χ0n) is 16.8. The Morgan fingerprint density at radius 3 is 2.25 bits per heavy atom. The molecule has 0 spiro atoms. The van der Waals surface area contributed by atoms with E-state index >= 15 is 0 Å². The van der Waals surface area contributed by atoms with Crippen LogP contribution in [0.15, 0.2) is 42.5 Å². The Balaban J connectivity index is 1.75. The molecule has 1 aliphatic heterocycles. The summed E-state index contributed by atoms with van der Waals surface area (Å²) in [5, 5.41) is 8.85. The van der Waals surface area contributed by atoms with Gasteiger partial charge in [0.05, 0.1) is 0 Å². The van der Waals surface area contributed by atoms with Gasteiger partial charge in [0.25, 0.3) is 11.8 Å². The Hall–Kier alpha value is -2.66. The first-order valence-corrected chi connectivity index (χ1v) is 9.75. The fraction of sp³-hybridized carbons (Fsp3) is 0.391. The largest absolute Gasteiger partial charge is 0.338 e. The highest BCUT2D eigenvalue weighted by Crippen LogP contribution is 2.23. The third-order valence-electron chi connectivity index (χ3n) is 5.38. The number of nitrogens with zero attached hydrogens (tertiary/aromatic N) is 1. The second kappa shape index (κ2) is 8.15. The summed E-state index contributed by atoms with van der Waals surface area (Å²) in [7, 11) is 0. The van der Waals surface area contributed by atoms with E-state index in [4.69, 9.17) is 5.21 Å². The molecule has 0 radical (unpaired) electrons. The van der Waals surface area contributed by atoms with Gasteiger partial charge < -0.3 is 4.90 Å². The molecule has 0 saturated carbocycles. The second-order valence-electron chi connectivity index (χ2n) is 8.40. The lowest BCUT2D eigenvalue weighted by Crippen LogP contribution is -2.35. The first-order chi connectivity index (χ1) is 13.3. The number of aryl methyl sites for hydroxylation is 1. The molecular formula is C23H28N2O3. The van der Waals surface area contributed by atoms with Gasteiger partial charge in [-0.1, -0.05) is 39.0 Å². The van der Waals surface area contributed by atoms with Gasteiger partial charge in [-0.05, 0) is 65.6 Å². The molecule has 3 rings (SSSR count). The van der Waals surface area contributed by atoms with Gasteiger partial charge in [0, 0.05) is 24.2 Å². The van der Waals surface area contributed by atoms with Crippen LogP contribution in [0.4, 0.5) is 0 Å². The summed E-state index contributed by atoms with van der Waals surface area (Å²) in [4.78, 5) is 26.6. The number of nitrogens with one attached hydrogen (secondary N) is 1. The molecule has 1 heterocycles. The van der Waals surface area contributed by atoms with Crippen molar-refractivity contribution in [1.82, 2.24) is 10.4 Å². The highest BCUT2D eigenvalue weighted by atomic mass is 16.5. The van der Waals surface area contributed by atoms with Crippen LogP contribution in [0.5, 0.6) is 0 Å². The maximum absolute atomic E-state index is 13.0. The average Bonchev–Trinajstić information content (AvgIpc) is 2.67. The first kappa shape index (κ1) is 20.1. The standard InChI is InChI=1S/C23H28N2O3/c1-23(2,3)20-10-8-17(9-11-20)22(27)25-13-4-5-16-6-7-19(21(26)24-28)15-18(16)12-14-25/h6-11,15,28H,4-5,12-14H2,1-3H3,(H,24,26). The lowest BCUT2D eigenvalue weighted by molar-refractivity contribution is 0.0704. The van der Waals surface area contributed by atoms with Crippen molar-refractivity contribution in [2.24, 2.45) is 0 Å². The molecule has 0 bridgehead atoms. The lowest BCUT2D eigenvalue weighted by Gasteiger charge is -2.27. The Labute approximate surface area is 166 Å². The molecule has 0 fully saturated rings. The SMILES string of the molecule is CC(C)(C)c1ccc(C(=O)N2CCCc3ccc(C(=O)NO)cc3CC2)cc1. The van der Waals surface area contributed by atoms with Crippen LogP contribution in [0.1, 0.15) is 64.6 Å². The number of hydrogen-bond acceptors (Lipinski definition) is 3. The Kier molecular flexibility index (Phi) is 5.84. The summed E-state index contributed by atoms with van der Waals surface area (Å²) >= 11 is 0. The van der Waals surface area contributed by atoms with Crippen LogP contribution in [-0.4, -0.2) is 35.0 Å². The van der Waals surface area contributed by atoms with Crippen molar-refractivity contribution in [3.05, 3.63) is 70.3 Å². The van der Waals surface area contributed by atoms with Gasteiger partial charge in [-0.15, -0.1) is 0 Å². The van der Waals surface area contributed by atoms with Gasteiger partial charge >= 0.3 is 0 Å². The fourth-order valence-corrected chi connectivity index (χ4v) is 3.63. The summed E-state index contributed by atoms with van der Waals surface area (Å²) < 4.78 is 0. The molecule has 5 nitrogen and oxygen atoms in total. The fourth-order valence-electron chi connectivity index (χ4n) is 3.63. The Morgan fingerprint density at radius 2 is 1.61 bits per heavy atom. The topological polar surface area (TPSA) is 69.6 Å². The van der Waals surface area contributed by atoms with Gasteiger partial charge in [-0.25, -0.2) is 5.48 Å². The van der Waals surface area contributed by atoms with E-state index in [0.717, 1.165) is 24.9 Å². The lowest BCUT2D eigenvalue weighted by atomic mass is 9.86. The number of carbonyl (C=O) groups is 2. The zero-order valence-corrected chi connectivity index (χ0v) is 16.8. The second-order valence-corrected chi connectivity index (χ2v) is 8.40. The van der Waals surface area contributed by atoms with Crippen LogP contribution in [0.2, 0.25) is 0 Å². The number of hydrogen-bond donors (Lipinski definition) is 2. The van der Waals surface area contributed by atoms with E-state index in [0.29, 0.717) is 24.1 Å². The first-order valence-electron chi connectivity index (χ1n) is 9.75. The zero-order chi connectivity index (χ0) is 20.3. The van der Waals surface area contributed by atoms with Gasteiger partial charge in [-0.2, -0.15) is 0 Å². The van der Waals surface area contributed by atoms with Gasteiger partial charge in [-0.3, -0.25) is 14.8 Å². The predicted octanol–water partition coefficient (Wildman–Crippen LogP) is 3.73. The number of amides is 2. The van der Waals surface area contributed by atoms with E-state index in [-0.39, 0.29) is 11.3 Å². The predicted molar refractivity (Wildman–Crippen MR) is 109 cm³/mol. The van der Waals surface area contributed by atoms with Crippen molar-refractivity contribution >= 4 is 11.8 Å². The van der Waals surface area contributed by atoms with Crippen LogP contribution in [-0.2, 0) is 18.3 Å². The van der Waals surface area contributed by atoms with E-state index in [1.54, 1.807) is 11.5 Å². The number of rotatable bonds is 2. The number of benzene rings is 2.